The second-order valence-electron chi connectivity index (χ2n) is 5.63. The minimum absolute atomic E-state index is 0.171. The highest BCUT2D eigenvalue weighted by Gasteiger charge is 2.15. The van der Waals surface area contributed by atoms with E-state index in [1.54, 1.807) is 0 Å². The van der Waals surface area contributed by atoms with Gasteiger partial charge in [0.25, 0.3) is 0 Å². The van der Waals surface area contributed by atoms with Gasteiger partial charge < -0.3 is 15.7 Å². The van der Waals surface area contributed by atoms with Gasteiger partial charge in [-0.15, -0.1) is 6.42 Å². The van der Waals surface area contributed by atoms with Crippen LogP contribution in [0.15, 0.2) is 0 Å². The molecule has 21 heavy (non-hydrogen) atoms. The van der Waals surface area contributed by atoms with E-state index in [2.05, 4.69) is 30.4 Å². The van der Waals surface area contributed by atoms with Crippen LogP contribution in [0.5, 0.6) is 0 Å². The van der Waals surface area contributed by atoms with E-state index in [-0.39, 0.29) is 18.5 Å². The molecule has 0 aliphatic rings. The molecule has 0 rings (SSSR count). The molecule has 0 aromatic rings. The predicted molar refractivity (Wildman–Crippen MR) is 83.9 cm³/mol. The first kappa shape index (κ1) is 19.3. The molecule has 3 N–H and O–H groups in total. The lowest BCUT2D eigenvalue weighted by molar-refractivity contribution is -0.137. The van der Waals surface area contributed by atoms with Gasteiger partial charge in [-0.1, -0.05) is 33.1 Å². The Balaban J connectivity index is 4.05. The van der Waals surface area contributed by atoms with Crippen LogP contribution in [0.1, 0.15) is 52.9 Å². The van der Waals surface area contributed by atoms with Crippen molar-refractivity contribution in [2.75, 3.05) is 6.54 Å². The van der Waals surface area contributed by atoms with E-state index >= 15 is 0 Å². The van der Waals surface area contributed by atoms with Crippen LogP contribution in [0.25, 0.3) is 0 Å². The van der Waals surface area contributed by atoms with Crippen LogP contribution in [-0.4, -0.2) is 29.7 Å². The first-order valence-electron chi connectivity index (χ1n) is 7.62. The highest BCUT2D eigenvalue weighted by molar-refractivity contribution is 5.74. The fourth-order valence-electron chi connectivity index (χ4n) is 2.19. The van der Waals surface area contributed by atoms with Gasteiger partial charge in [-0.25, -0.2) is 4.79 Å². The molecule has 0 fully saturated rings. The summed E-state index contributed by atoms with van der Waals surface area (Å²) < 4.78 is 0. The van der Waals surface area contributed by atoms with Crippen molar-refractivity contribution in [2.45, 2.75) is 58.9 Å². The van der Waals surface area contributed by atoms with Crippen LogP contribution in [0, 0.1) is 24.2 Å². The zero-order chi connectivity index (χ0) is 16.3. The summed E-state index contributed by atoms with van der Waals surface area (Å²) >= 11 is 0. The highest BCUT2D eigenvalue weighted by Crippen LogP contribution is 2.20. The van der Waals surface area contributed by atoms with Gasteiger partial charge in [-0.2, -0.15) is 0 Å². The molecule has 0 heterocycles. The molecule has 2 amide bonds. The summed E-state index contributed by atoms with van der Waals surface area (Å²) in [7, 11) is 0. The van der Waals surface area contributed by atoms with E-state index in [1.807, 2.05) is 6.92 Å². The van der Waals surface area contributed by atoms with Crippen molar-refractivity contribution in [3.8, 4) is 12.3 Å². The number of urea groups is 1. The Hall–Kier alpha value is -1.70. The third-order valence-corrected chi connectivity index (χ3v) is 3.56. The molecule has 0 aromatic carbocycles. The Morgan fingerprint density at radius 2 is 1.90 bits per heavy atom. The number of carbonyl (C=O) groups excluding carboxylic acids is 1. The molecule has 5 heteroatoms. The van der Waals surface area contributed by atoms with E-state index in [4.69, 9.17) is 11.5 Å². The standard InChI is InChI=1S/C16H28N2O3/c1-5-7-14(6-2)18-16(21)17-11-10-13(12(3)4)8-9-15(19)20/h2,12-14H,5,7-11H2,1,3-4H3,(H,19,20)(H2,17,18,21). The lowest BCUT2D eigenvalue weighted by atomic mass is 9.88. The van der Waals surface area contributed by atoms with Crippen molar-refractivity contribution in [3.05, 3.63) is 0 Å². The average molecular weight is 296 g/mol. The Bertz CT molecular complexity index is 361. The van der Waals surface area contributed by atoms with Crippen molar-refractivity contribution in [3.63, 3.8) is 0 Å². The molecule has 120 valence electrons. The van der Waals surface area contributed by atoms with E-state index in [1.165, 1.54) is 0 Å². The third-order valence-electron chi connectivity index (χ3n) is 3.56. The summed E-state index contributed by atoms with van der Waals surface area (Å²) in [6.45, 7) is 6.68. The second-order valence-corrected chi connectivity index (χ2v) is 5.63. The molecule has 0 aliphatic heterocycles. The van der Waals surface area contributed by atoms with Gasteiger partial charge in [-0.05, 0) is 31.1 Å². The fraction of sp³-hybridized carbons (Fsp3) is 0.750. The number of carbonyl (C=O) groups is 2. The molecular formula is C16H28N2O3. The highest BCUT2D eigenvalue weighted by atomic mass is 16.4. The topological polar surface area (TPSA) is 78.4 Å². The van der Waals surface area contributed by atoms with Gasteiger partial charge in [-0.3, -0.25) is 4.79 Å². The zero-order valence-corrected chi connectivity index (χ0v) is 13.3. The smallest absolute Gasteiger partial charge is 0.315 e. The fourth-order valence-corrected chi connectivity index (χ4v) is 2.19. The normalized spacial score (nSPS) is 13.3. The largest absolute Gasteiger partial charge is 0.481 e. The number of carboxylic acid groups (broad SMARTS) is 1. The van der Waals surface area contributed by atoms with Gasteiger partial charge in [0, 0.05) is 13.0 Å². The molecule has 0 bridgehead atoms. The van der Waals surface area contributed by atoms with Crippen molar-refractivity contribution in [2.24, 2.45) is 11.8 Å². The maximum Gasteiger partial charge on any atom is 0.315 e. The van der Waals surface area contributed by atoms with E-state index in [9.17, 15) is 9.59 Å². The predicted octanol–water partition coefficient (Wildman–Crippen LogP) is 2.61. The maximum absolute atomic E-state index is 11.7. The number of amides is 2. The second kappa shape index (κ2) is 11.0. The first-order valence-corrected chi connectivity index (χ1v) is 7.62. The zero-order valence-electron chi connectivity index (χ0n) is 13.3. The van der Waals surface area contributed by atoms with Gasteiger partial charge in [0.15, 0.2) is 0 Å². The van der Waals surface area contributed by atoms with Crippen molar-refractivity contribution in [1.29, 1.82) is 0 Å². The number of rotatable bonds is 10. The molecule has 5 nitrogen and oxygen atoms in total. The van der Waals surface area contributed by atoms with Crippen LogP contribution in [0.3, 0.4) is 0 Å². The quantitative estimate of drug-likeness (QED) is 0.542. The molecule has 0 aliphatic carbocycles. The Kier molecular flexibility index (Phi) is 10.1. The van der Waals surface area contributed by atoms with E-state index in [0.717, 1.165) is 19.3 Å². The van der Waals surface area contributed by atoms with Gasteiger partial charge in [0.1, 0.15) is 0 Å². The summed E-state index contributed by atoms with van der Waals surface area (Å²) in [5.41, 5.74) is 0. The molecule has 0 spiro atoms. The molecule has 0 saturated heterocycles. The molecule has 0 aromatic heterocycles. The summed E-state index contributed by atoms with van der Waals surface area (Å²) in [6, 6.07) is -0.491. The number of hydrogen-bond acceptors (Lipinski definition) is 2. The molecule has 0 saturated carbocycles. The number of terminal acetylenes is 1. The van der Waals surface area contributed by atoms with Crippen molar-refractivity contribution in [1.82, 2.24) is 10.6 Å². The summed E-state index contributed by atoms with van der Waals surface area (Å²) in [4.78, 5) is 22.3. The van der Waals surface area contributed by atoms with Crippen LogP contribution in [0.4, 0.5) is 4.79 Å². The number of hydrogen-bond donors (Lipinski definition) is 3. The summed E-state index contributed by atoms with van der Waals surface area (Å²) in [5, 5.41) is 14.3. The Morgan fingerprint density at radius 3 is 2.38 bits per heavy atom. The average Bonchev–Trinajstić information content (AvgIpc) is 2.41. The monoisotopic (exact) mass is 296 g/mol. The minimum Gasteiger partial charge on any atom is -0.481 e. The number of aliphatic carboxylic acids is 1. The van der Waals surface area contributed by atoms with Gasteiger partial charge in [0.2, 0.25) is 0 Å². The van der Waals surface area contributed by atoms with Crippen LogP contribution < -0.4 is 10.6 Å². The molecule has 2 atom stereocenters. The molecular weight excluding hydrogens is 268 g/mol. The molecule has 2 unspecified atom stereocenters. The van der Waals surface area contributed by atoms with Crippen LogP contribution in [0.2, 0.25) is 0 Å². The SMILES string of the molecule is C#CC(CCC)NC(=O)NCCC(CCC(=O)O)C(C)C. The van der Waals surface area contributed by atoms with Crippen LogP contribution >= 0.6 is 0 Å². The summed E-state index contributed by atoms with van der Waals surface area (Å²) in [5.74, 6) is 2.46. The Labute approximate surface area is 127 Å². The lowest BCUT2D eigenvalue weighted by Crippen LogP contribution is -2.42. The maximum atomic E-state index is 11.7. The van der Waals surface area contributed by atoms with Gasteiger partial charge >= 0.3 is 12.0 Å². The number of carboxylic acids is 1. The summed E-state index contributed by atoms with van der Waals surface area (Å²) in [6.07, 6.45) is 8.60. The van der Waals surface area contributed by atoms with Crippen molar-refractivity contribution < 1.29 is 14.7 Å². The van der Waals surface area contributed by atoms with Gasteiger partial charge in [0.05, 0.1) is 6.04 Å². The van der Waals surface area contributed by atoms with Crippen molar-refractivity contribution >= 4 is 12.0 Å². The van der Waals surface area contributed by atoms with Crippen LogP contribution in [-0.2, 0) is 4.79 Å². The van der Waals surface area contributed by atoms with E-state index in [0.29, 0.717) is 24.8 Å². The Morgan fingerprint density at radius 1 is 1.24 bits per heavy atom. The molecule has 0 radical (unpaired) electrons. The third kappa shape index (κ3) is 9.78. The van der Waals surface area contributed by atoms with E-state index < -0.39 is 5.97 Å². The minimum atomic E-state index is -0.775. The number of nitrogens with one attached hydrogen (secondary N) is 2. The first-order chi connectivity index (χ1) is 9.90. The lowest BCUT2D eigenvalue weighted by Gasteiger charge is -2.20.